The molecule has 168 valence electrons. The number of carbonyl (C=O) groups is 1. The molecule has 7 nitrogen and oxygen atoms in total. The largest absolute Gasteiger partial charge is 0.494 e. The molecule has 0 spiro atoms. The summed E-state index contributed by atoms with van der Waals surface area (Å²) in [5.74, 6) is 1.65. The number of nitrogens with zero attached hydrogens (tertiary/aromatic N) is 3. The summed E-state index contributed by atoms with van der Waals surface area (Å²) >= 11 is 0. The lowest BCUT2D eigenvalue weighted by atomic mass is 10.0. The number of piperidine rings is 1. The predicted molar refractivity (Wildman–Crippen MR) is 120 cm³/mol. The fourth-order valence-electron chi connectivity index (χ4n) is 4.65. The lowest BCUT2D eigenvalue weighted by molar-refractivity contribution is -0.134. The molecule has 0 saturated carbocycles. The van der Waals surface area contributed by atoms with Crippen LogP contribution in [-0.2, 0) is 11.3 Å². The zero-order valence-corrected chi connectivity index (χ0v) is 18.6. The minimum atomic E-state index is -0.327. The van der Waals surface area contributed by atoms with Crippen molar-refractivity contribution < 1.29 is 13.9 Å². The van der Waals surface area contributed by atoms with Crippen LogP contribution in [0.4, 0.5) is 0 Å². The number of likely N-dealkylation sites (tertiary alicyclic amines) is 1. The van der Waals surface area contributed by atoms with Gasteiger partial charge in [0, 0.05) is 57.3 Å². The van der Waals surface area contributed by atoms with E-state index in [1.54, 1.807) is 12.1 Å². The lowest BCUT2D eigenvalue weighted by Gasteiger charge is -2.37. The van der Waals surface area contributed by atoms with Gasteiger partial charge in [-0.25, -0.2) is 4.79 Å². The fraction of sp³-hybridized carbons (Fsp3) is 0.583. The number of rotatable bonds is 6. The van der Waals surface area contributed by atoms with Gasteiger partial charge in [0.1, 0.15) is 11.3 Å². The van der Waals surface area contributed by atoms with Crippen molar-refractivity contribution in [3.05, 3.63) is 40.2 Å². The van der Waals surface area contributed by atoms with Crippen molar-refractivity contribution in [2.75, 3.05) is 52.4 Å². The maximum atomic E-state index is 12.7. The molecule has 2 aliphatic rings. The highest BCUT2D eigenvalue weighted by Gasteiger charge is 2.25. The second kappa shape index (κ2) is 9.83. The van der Waals surface area contributed by atoms with Gasteiger partial charge < -0.3 is 14.1 Å². The summed E-state index contributed by atoms with van der Waals surface area (Å²) in [4.78, 5) is 31.3. The molecule has 31 heavy (non-hydrogen) atoms. The van der Waals surface area contributed by atoms with Gasteiger partial charge in [0.05, 0.1) is 13.2 Å². The number of ether oxygens (including phenoxy) is 1. The third-order valence-corrected chi connectivity index (χ3v) is 6.34. The quantitative estimate of drug-likeness (QED) is 0.660. The number of hydrogen-bond acceptors (Lipinski definition) is 6. The van der Waals surface area contributed by atoms with Gasteiger partial charge in [-0.1, -0.05) is 6.92 Å². The smallest absolute Gasteiger partial charge is 0.336 e. The highest BCUT2D eigenvalue weighted by atomic mass is 16.5. The summed E-state index contributed by atoms with van der Waals surface area (Å²) < 4.78 is 11.0. The molecule has 1 amide bonds. The van der Waals surface area contributed by atoms with E-state index in [0.29, 0.717) is 31.2 Å². The number of hydrogen-bond donors (Lipinski definition) is 0. The first-order valence-corrected chi connectivity index (χ1v) is 11.4. The van der Waals surface area contributed by atoms with Gasteiger partial charge in [-0.05, 0) is 49.4 Å². The van der Waals surface area contributed by atoms with E-state index in [1.165, 1.54) is 6.42 Å². The van der Waals surface area contributed by atoms with Crippen LogP contribution in [0, 0.1) is 5.92 Å². The molecule has 1 aromatic heterocycles. The zero-order valence-electron chi connectivity index (χ0n) is 18.6. The van der Waals surface area contributed by atoms with Gasteiger partial charge in [-0.2, -0.15) is 0 Å². The highest BCUT2D eigenvalue weighted by Crippen LogP contribution is 2.24. The van der Waals surface area contributed by atoms with Gasteiger partial charge in [-0.15, -0.1) is 0 Å². The van der Waals surface area contributed by atoms with Crippen LogP contribution in [0.1, 0.15) is 32.3 Å². The summed E-state index contributed by atoms with van der Waals surface area (Å²) in [6, 6.07) is 7.17. The molecule has 3 heterocycles. The Bertz CT molecular complexity index is 965. The van der Waals surface area contributed by atoms with Crippen molar-refractivity contribution in [3.63, 3.8) is 0 Å². The normalized spacial score (nSPS) is 20.8. The van der Waals surface area contributed by atoms with Crippen molar-refractivity contribution >= 4 is 16.9 Å². The first kappa shape index (κ1) is 21.8. The molecule has 0 bridgehead atoms. The van der Waals surface area contributed by atoms with Crippen LogP contribution in [0.2, 0.25) is 0 Å². The van der Waals surface area contributed by atoms with Gasteiger partial charge in [0.25, 0.3) is 0 Å². The van der Waals surface area contributed by atoms with Crippen molar-refractivity contribution in [3.8, 4) is 5.75 Å². The molecule has 2 aromatic rings. The molecular formula is C24H33N3O4. The van der Waals surface area contributed by atoms with Gasteiger partial charge in [0.2, 0.25) is 5.91 Å². The van der Waals surface area contributed by atoms with Gasteiger partial charge >= 0.3 is 5.63 Å². The van der Waals surface area contributed by atoms with Crippen molar-refractivity contribution in [1.82, 2.24) is 14.7 Å². The minimum absolute atomic E-state index is 0.259. The summed E-state index contributed by atoms with van der Waals surface area (Å²) in [6.07, 6.45) is 2.34. The third kappa shape index (κ3) is 5.46. The topological polar surface area (TPSA) is 66.2 Å². The molecule has 1 aromatic carbocycles. The lowest BCUT2D eigenvalue weighted by Crippen LogP contribution is -2.51. The Labute approximate surface area is 183 Å². The number of fused-ring (bicyclic) bond motifs is 1. The first-order chi connectivity index (χ1) is 15.0. The Morgan fingerprint density at radius 1 is 1.13 bits per heavy atom. The van der Waals surface area contributed by atoms with Gasteiger partial charge in [0.15, 0.2) is 0 Å². The summed E-state index contributed by atoms with van der Waals surface area (Å²) in [7, 11) is 0. The van der Waals surface area contributed by atoms with E-state index in [4.69, 9.17) is 9.15 Å². The Balaban J connectivity index is 1.36. The second-order valence-electron chi connectivity index (χ2n) is 8.82. The molecule has 2 saturated heterocycles. The zero-order chi connectivity index (χ0) is 21.8. The van der Waals surface area contributed by atoms with E-state index < -0.39 is 0 Å². The van der Waals surface area contributed by atoms with Crippen LogP contribution in [-0.4, -0.2) is 73.0 Å². The summed E-state index contributed by atoms with van der Waals surface area (Å²) in [5.41, 5.74) is 1.22. The van der Waals surface area contributed by atoms with Crippen LogP contribution in [0.15, 0.2) is 33.5 Å². The van der Waals surface area contributed by atoms with Crippen LogP contribution in [0.25, 0.3) is 11.0 Å². The highest BCUT2D eigenvalue weighted by molar-refractivity contribution is 5.81. The van der Waals surface area contributed by atoms with E-state index in [-0.39, 0.29) is 11.5 Å². The van der Waals surface area contributed by atoms with Crippen LogP contribution in [0.3, 0.4) is 0 Å². The first-order valence-electron chi connectivity index (χ1n) is 11.4. The van der Waals surface area contributed by atoms with Crippen molar-refractivity contribution in [2.24, 2.45) is 5.92 Å². The Morgan fingerprint density at radius 2 is 1.90 bits per heavy atom. The van der Waals surface area contributed by atoms with Crippen LogP contribution < -0.4 is 10.4 Å². The minimum Gasteiger partial charge on any atom is -0.494 e. The van der Waals surface area contributed by atoms with Crippen LogP contribution in [0.5, 0.6) is 5.75 Å². The Kier molecular flexibility index (Phi) is 6.92. The molecule has 1 atom stereocenters. The molecule has 0 unspecified atom stereocenters. The summed E-state index contributed by atoms with van der Waals surface area (Å²) in [5, 5.41) is 0.919. The number of benzene rings is 1. The predicted octanol–water partition coefficient (Wildman–Crippen LogP) is 2.57. The maximum Gasteiger partial charge on any atom is 0.336 e. The monoisotopic (exact) mass is 427 g/mol. The molecular weight excluding hydrogens is 394 g/mol. The Morgan fingerprint density at radius 3 is 2.65 bits per heavy atom. The van der Waals surface area contributed by atoms with E-state index in [1.807, 2.05) is 24.0 Å². The van der Waals surface area contributed by atoms with E-state index in [2.05, 4.69) is 16.7 Å². The number of amides is 1. The molecule has 2 aliphatic heterocycles. The SMILES string of the molecule is CCOc1ccc2oc(=O)cc(CN3CCN(CC(=O)N4CCC[C@H](C)C4)CC3)c2c1. The molecule has 0 radical (unpaired) electrons. The van der Waals surface area contributed by atoms with Gasteiger partial charge in [-0.3, -0.25) is 14.6 Å². The average molecular weight is 428 g/mol. The average Bonchev–Trinajstić information content (AvgIpc) is 2.75. The molecule has 0 aliphatic carbocycles. The van der Waals surface area contributed by atoms with Crippen LogP contribution >= 0.6 is 0 Å². The standard InChI is InChI=1S/C24H33N3O4/c1-3-30-20-6-7-22-21(14-20)19(13-24(29)31-22)16-25-9-11-26(12-10-25)17-23(28)27-8-4-5-18(2)15-27/h6-7,13-14,18H,3-5,8-12,15-17H2,1-2H3/t18-/m0/s1. The van der Waals surface area contributed by atoms with Crippen molar-refractivity contribution in [1.29, 1.82) is 0 Å². The van der Waals surface area contributed by atoms with E-state index >= 15 is 0 Å². The number of piperazine rings is 1. The van der Waals surface area contributed by atoms with E-state index in [9.17, 15) is 9.59 Å². The molecule has 7 heteroatoms. The fourth-order valence-corrected chi connectivity index (χ4v) is 4.65. The Hall–Kier alpha value is -2.38. The maximum absolute atomic E-state index is 12.7. The summed E-state index contributed by atoms with van der Waals surface area (Å²) in [6.45, 7) is 11.2. The third-order valence-electron chi connectivity index (χ3n) is 6.34. The second-order valence-corrected chi connectivity index (χ2v) is 8.82. The molecule has 2 fully saturated rings. The van der Waals surface area contributed by atoms with Crippen molar-refractivity contribution in [2.45, 2.75) is 33.2 Å². The molecule has 4 rings (SSSR count). The molecule has 0 N–H and O–H groups in total. The number of carbonyl (C=O) groups excluding carboxylic acids is 1. The van der Waals surface area contributed by atoms with E-state index in [0.717, 1.165) is 62.4 Å².